The monoisotopic (exact) mass is 315 g/mol. The highest BCUT2D eigenvalue weighted by Crippen LogP contribution is 2.17. The number of primary sulfonamides is 1. The molecule has 0 aliphatic rings. The third kappa shape index (κ3) is 3.92. The van der Waals surface area contributed by atoms with Crippen molar-refractivity contribution < 1.29 is 23.1 Å². The molecule has 9 heteroatoms. The molecule has 0 aromatic heterocycles. The number of sulfonamides is 1. The highest BCUT2D eigenvalue weighted by Gasteiger charge is 2.35. The summed E-state index contributed by atoms with van der Waals surface area (Å²) in [4.78, 5) is 23.9. The van der Waals surface area contributed by atoms with Crippen LogP contribution in [0.15, 0.2) is 29.2 Å². The van der Waals surface area contributed by atoms with Crippen LogP contribution in [0.1, 0.15) is 13.8 Å². The molecule has 0 saturated carbocycles. The Balaban J connectivity index is 2.97. The number of nitrogens with one attached hydrogen (secondary N) is 1. The number of anilines is 1. The van der Waals surface area contributed by atoms with Crippen molar-refractivity contribution in [3.8, 4) is 0 Å². The minimum atomic E-state index is -3.88. The lowest BCUT2D eigenvalue weighted by atomic mass is 10.1. The van der Waals surface area contributed by atoms with Crippen LogP contribution in [0.4, 0.5) is 10.5 Å². The van der Waals surface area contributed by atoms with E-state index in [0.717, 1.165) is 4.90 Å². The number of amides is 2. The van der Waals surface area contributed by atoms with Crippen LogP contribution in [0, 0.1) is 0 Å². The highest BCUT2D eigenvalue weighted by molar-refractivity contribution is 7.89. The average molecular weight is 315 g/mol. The molecule has 0 unspecified atom stereocenters. The predicted octanol–water partition coefficient (Wildman–Crippen LogP) is 0.661. The molecule has 8 nitrogen and oxygen atoms in total. The van der Waals surface area contributed by atoms with Crippen molar-refractivity contribution in [2.45, 2.75) is 24.3 Å². The molecule has 1 aromatic carbocycles. The summed E-state index contributed by atoms with van der Waals surface area (Å²) in [5.74, 6) is -1.17. The Bertz CT molecular complexity index is 669. The maximum atomic E-state index is 12.0. The van der Waals surface area contributed by atoms with Gasteiger partial charge >= 0.3 is 12.0 Å². The summed E-state index contributed by atoms with van der Waals surface area (Å²) in [6.07, 6.45) is 0. The first-order valence-electron chi connectivity index (χ1n) is 5.87. The van der Waals surface area contributed by atoms with Gasteiger partial charge in [0.2, 0.25) is 10.0 Å². The highest BCUT2D eigenvalue weighted by atomic mass is 32.2. The van der Waals surface area contributed by atoms with E-state index in [4.69, 9.17) is 10.2 Å². The summed E-state index contributed by atoms with van der Waals surface area (Å²) in [6, 6.07) is 4.67. The second-order valence-electron chi connectivity index (χ2n) is 4.93. The second kappa shape index (κ2) is 5.70. The molecule has 0 aliphatic heterocycles. The zero-order valence-corrected chi connectivity index (χ0v) is 12.6. The number of nitrogens with two attached hydrogens (primary N) is 1. The normalized spacial score (nSPS) is 11.8. The van der Waals surface area contributed by atoms with Gasteiger partial charge in [0.25, 0.3) is 0 Å². The van der Waals surface area contributed by atoms with Crippen molar-refractivity contribution in [3.05, 3.63) is 24.3 Å². The van der Waals surface area contributed by atoms with E-state index in [0.29, 0.717) is 0 Å². The summed E-state index contributed by atoms with van der Waals surface area (Å²) >= 11 is 0. The molecule has 0 fully saturated rings. The predicted molar refractivity (Wildman–Crippen MR) is 76.3 cm³/mol. The zero-order chi connectivity index (χ0) is 16.4. The van der Waals surface area contributed by atoms with Crippen molar-refractivity contribution >= 4 is 27.7 Å². The van der Waals surface area contributed by atoms with Gasteiger partial charge < -0.3 is 15.3 Å². The van der Waals surface area contributed by atoms with E-state index in [2.05, 4.69) is 5.32 Å². The van der Waals surface area contributed by atoms with E-state index >= 15 is 0 Å². The van der Waals surface area contributed by atoms with Gasteiger partial charge in [0.15, 0.2) is 0 Å². The molecule has 4 N–H and O–H groups in total. The second-order valence-corrected chi connectivity index (χ2v) is 6.49. The fourth-order valence-electron chi connectivity index (χ4n) is 1.36. The van der Waals surface area contributed by atoms with Crippen molar-refractivity contribution in [2.24, 2.45) is 5.14 Å². The van der Waals surface area contributed by atoms with Crippen LogP contribution in [0.2, 0.25) is 0 Å². The number of carboxylic acids is 1. The molecule has 0 atom stereocenters. The molecule has 0 radical (unpaired) electrons. The maximum absolute atomic E-state index is 12.0. The van der Waals surface area contributed by atoms with Crippen LogP contribution in [-0.4, -0.2) is 43.0 Å². The van der Waals surface area contributed by atoms with E-state index in [1.165, 1.54) is 45.2 Å². The van der Waals surface area contributed by atoms with Crippen LogP contribution in [0.3, 0.4) is 0 Å². The molecule has 2 amide bonds. The summed E-state index contributed by atoms with van der Waals surface area (Å²) in [7, 11) is -2.56. The van der Waals surface area contributed by atoms with Crippen molar-refractivity contribution in [1.82, 2.24) is 4.90 Å². The Kier molecular flexibility index (Phi) is 4.59. The third-order valence-electron chi connectivity index (χ3n) is 3.08. The lowest BCUT2D eigenvalue weighted by Crippen LogP contribution is -2.52. The summed E-state index contributed by atoms with van der Waals surface area (Å²) in [5, 5.41) is 16.5. The number of aliphatic carboxylic acids is 1. The number of hydrogen-bond donors (Lipinski definition) is 3. The third-order valence-corrected chi connectivity index (χ3v) is 3.99. The number of likely N-dealkylation sites (N-methyl/N-ethyl adjacent to an activating group) is 1. The Morgan fingerprint density at radius 2 is 1.90 bits per heavy atom. The van der Waals surface area contributed by atoms with E-state index in [1.54, 1.807) is 0 Å². The Labute approximate surface area is 122 Å². The van der Waals surface area contributed by atoms with Crippen LogP contribution in [0.5, 0.6) is 0 Å². The molecule has 116 valence electrons. The standard InChI is InChI=1S/C12H17N3O5S/c1-12(2,10(16)17)15(3)11(18)14-8-5-4-6-9(7-8)21(13,19)20/h4-7H,1-3H3,(H,14,18)(H,16,17)(H2,13,19,20). The largest absolute Gasteiger partial charge is 0.480 e. The Morgan fingerprint density at radius 1 is 1.33 bits per heavy atom. The smallest absolute Gasteiger partial charge is 0.329 e. The van der Waals surface area contributed by atoms with E-state index in [9.17, 15) is 18.0 Å². The molecular formula is C12H17N3O5S. The molecule has 0 bridgehead atoms. The van der Waals surface area contributed by atoms with Gasteiger partial charge in [-0.3, -0.25) is 0 Å². The fraction of sp³-hybridized carbons (Fsp3) is 0.333. The van der Waals surface area contributed by atoms with Crippen molar-refractivity contribution in [2.75, 3.05) is 12.4 Å². The molecule has 0 spiro atoms. The molecule has 21 heavy (non-hydrogen) atoms. The number of urea groups is 1. The van der Waals surface area contributed by atoms with E-state index in [-0.39, 0.29) is 10.6 Å². The lowest BCUT2D eigenvalue weighted by molar-refractivity contribution is -0.146. The number of benzene rings is 1. The molecule has 0 aliphatic carbocycles. The summed E-state index contributed by atoms with van der Waals surface area (Å²) < 4.78 is 22.5. The van der Waals surface area contributed by atoms with E-state index < -0.39 is 27.6 Å². The molecule has 1 aromatic rings. The van der Waals surface area contributed by atoms with Gasteiger partial charge in [-0.1, -0.05) is 6.07 Å². The molecule has 1 rings (SSSR count). The van der Waals surface area contributed by atoms with E-state index in [1.807, 2.05) is 0 Å². The van der Waals surface area contributed by atoms with Gasteiger partial charge in [-0.25, -0.2) is 23.1 Å². The molecular weight excluding hydrogens is 298 g/mol. The van der Waals surface area contributed by atoms with Crippen molar-refractivity contribution in [1.29, 1.82) is 0 Å². The quantitative estimate of drug-likeness (QED) is 0.751. The first-order valence-corrected chi connectivity index (χ1v) is 7.42. The van der Waals surface area contributed by atoms with Gasteiger partial charge in [-0.2, -0.15) is 0 Å². The SMILES string of the molecule is CN(C(=O)Nc1cccc(S(N)(=O)=O)c1)C(C)(C)C(=O)O. The van der Waals surface area contributed by atoms with Gasteiger partial charge in [0.1, 0.15) is 5.54 Å². The average Bonchev–Trinajstić information content (AvgIpc) is 2.36. The number of hydrogen-bond acceptors (Lipinski definition) is 4. The van der Waals surface area contributed by atoms with Gasteiger partial charge in [0.05, 0.1) is 4.90 Å². The van der Waals surface area contributed by atoms with Gasteiger partial charge in [-0.05, 0) is 32.0 Å². The first kappa shape index (κ1) is 16.9. The minimum absolute atomic E-state index is 0.152. The van der Waals surface area contributed by atoms with Crippen LogP contribution < -0.4 is 10.5 Å². The Hall–Kier alpha value is -2.13. The summed E-state index contributed by atoms with van der Waals surface area (Å²) in [5.41, 5.74) is -1.22. The zero-order valence-electron chi connectivity index (χ0n) is 11.8. The van der Waals surface area contributed by atoms with Gasteiger partial charge in [0, 0.05) is 12.7 Å². The number of nitrogens with zero attached hydrogens (tertiary/aromatic N) is 1. The maximum Gasteiger partial charge on any atom is 0.329 e. The topological polar surface area (TPSA) is 130 Å². The van der Waals surface area contributed by atoms with Crippen molar-refractivity contribution in [3.63, 3.8) is 0 Å². The number of carbonyl (C=O) groups excluding carboxylic acids is 1. The Morgan fingerprint density at radius 3 is 2.38 bits per heavy atom. The molecule has 0 heterocycles. The van der Waals surface area contributed by atoms with Crippen LogP contribution >= 0.6 is 0 Å². The number of rotatable bonds is 4. The summed E-state index contributed by atoms with van der Waals surface area (Å²) in [6.45, 7) is 2.74. The minimum Gasteiger partial charge on any atom is -0.480 e. The lowest BCUT2D eigenvalue weighted by Gasteiger charge is -2.31. The van der Waals surface area contributed by atoms with Gasteiger partial charge in [-0.15, -0.1) is 0 Å². The first-order chi connectivity index (χ1) is 9.46. The van der Waals surface area contributed by atoms with Crippen LogP contribution in [0.25, 0.3) is 0 Å². The fourth-order valence-corrected chi connectivity index (χ4v) is 1.91. The van der Waals surface area contributed by atoms with Crippen LogP contribution in [-0.2, 0) is 14.8 Å². The number of carbonyl (C=O) groups is 2. The molecule has 0 saturated heterocycles. The number of carboxylic acid groups (broad SMARTS) is 1.